The number of hydrogen-bond acceptors (Lipinski definition) is 1. The lowest BCUT2D eigenvalue weighted by Crippen LogP contribution is -2.03. The first-order valence-corrected chi connectivity index (χ1v) is 5.35. The quantitative estimate of drug-likeness (QED) is 0.760. The highest BCUT2D eigenvalue weighted by Crippen LogP contribution is 2.49. The van der Waals surface area contributed by atoms with E-state index in [2.05, 4.69) is 32.0 Å². The maximum atomic E-state index is 9.45. The van der Waals surface area contributed by atoms with Crippen molar-refractivity contribution in [3.63, 3.8) is 0 Å². The topological polar surface area (TPSA) is 20.2 Å². The van der Waals surface area contributed by atoms with Crippen LogP contribution in [-0.4, -0.2) is 11.2 Å². The predicted octanol–water partition coefficient (Wildman–Crippen LogP) is 2.79. The number of hydrogen-bond donors (Lipinski definition) is 1. The van der Waals surface area contributed by atoms with E-state index in [1.165, 1.54) is 16.7 Å². The van der Waals surface area contributed by atoms with E-state index < -0.39 is 0 Å². The second-order valence-corrected chi connectivity index (χ2v) is 4.59. The first-order chi connectivity index (χ1) is 6.59. The Labute approximate surface area is 85.8 Å². The lowest BCUT2D eigenvalue weighted by atomic mass is 10.0. The van der Waals surface area contributed by atoms with E-state index in [0.29, 0.717) is 11.8 Å². The third-order valence-corrected chi connectivity index (χ3v) is 3.42. The Bertz CT molecular complexity index is 341. The fourth-order valence-electron chi connectivity index (χ4n) is 2.13. The molecular weight excluding hydrogens is 172 g/mol. The molecule has 1 aliphatic carbocycles. The van der Waals surface area contributed by atoms with Gasteiger partial charge in [0.15, 0.2) is 0 Å². The molecule has 0 amide bonds. The molecule has 1 fully saturated rings. The Hall–Kier alpha value is -0.820. The van der Waals surface area contributed by atoms with Crippen LogP contribution in [0.5, 0.6) is 0 Å². The summed E-state index contributed by atoms with van der Waals surface area (Å²) in [5.41, 5.74) is 4.11. The summed E-state index contributed by atoms with van der Waals surface area (Å²) in [6.07, 6.45) is 1.00. The molecule has 1 N–H and O–H groups in total. The largest absolute Gasteiger partial charge is 0.393 e. The molecular formula is C13H18O. The van der Waals surface area contributed by atoms with E-state index in [4.69, 9.17) is 0 Å². The summed E-state index contributed by atoms with van der Waals surface area (Å²) >= 11 is 0. The lowest BCUT2D eigenvalue weighted by molar-refractivity contribution is 0.169. The van der Waals surface area contributed by atoms with Gasteiger partial charge < -0.3 is 5.11 Å². The van der Waals surface area contributed by atoms with Gasteiger partial charge in [0.05, 0.1) is 6.10 Å². The number of benzene rings is 1. The maximum Gasteiger partial charge on any atom is 0.0546 e. The number of aryl methyl sites for hydroxylation is 2. The second kappa shape index (κ2) is 3.39. The molecule has 1 aromatic rings. The van der Waals surface area contributed by atoms with Crippen LogP contribution >= 0.6 is 0 Å². The lowest BCUT2D eigenvalue weighted by Gasteiger charge is -2.06. The standard InChI is InChI=1S/C13H18O/c1-8-4-5-11(6-9(8)2)13-7-12(13)10(3)14/h4-6,10,12-14H,7H2,1-3H3/t10-,12+,13-/m1/s1. The second-order valence-electron chi connectivity index (χ2n) is 4.59. The van der Waals surface area contributed by atoms with Crippen molar-refractivity contribution >= 4 is 0 Å². The molecule has 3 atom stereocenters. The van der Waals surface area contributed by atoms with Crippen LogP contribution < -0.4 is 0 Å². The van der Waals surface area contributed by atoms with E-state index in [1.807, 2.05) is 6.92 Å². The molecule has 76 valence electrons. The van der Waals surface area contributed by atoms with Crippen molar-refractivity contribution in [1.29, 1.82) is 0 Å². The fourth-order valence-corrected chi connectivity index (χ4v) is 2.13. The van der Waals surface area contributed by atoms with Crippen molar-refractivity contribution in [3.8, 4) is 0 Å². The molecule has 0 saturated heterocycles. The highest BCUT2D eigenvalue weighted by atomic mass is 16.3. The van der Waals surface area contributed by atoms with Crippen molar-refractivity contribution in [1.82, 2.24) is 0 Å². The van der Waals surface area contributed by atoms with E-state index >= 15 is 0 Å². The predicted molar refractivity (Wildman–Crippen MR) is 58.4 cm³/mol. The van der Waals surface area contributed by atoms with Gasteiger partial charge in [-0.25, -0.2) is 0 Å². The van der Waals surface area contributed by atoms with Crippen LogP contribution in [-0.2, 0) is 0 Å². The first kappa shape index (κ1) is 9.72. The van der Waals surface area contributed by atoms with Gasteiger partial charge in [-0.05, 0) is 55.7 Å². The van der Waals surface area contributed by atoms with Crippen LogP contribution in [0.4, 0.5) is 0 Å². The van der Waals surface area contributed by atoms with Crippen LogP contribution in [0.15, 0.2) is 18.2 Å². The van der Waals surface area contributed by atoms with Crippen molar-refractivity contribution in [2.45, 2.75) is 39.2 Å². The van der Waals surface area contributed by atoms with Crippen molar-refractivity contribution < 1.29 is 5.11 Å². The molecule has 2 rings (SSSR count). The third-order valence-electron chi connectivity index (χ3n) is 3.42. The number of aliphatic hydroxyl groups is 1. The molecule has 0 spiro atoms. The molecule has 1 aromatic carbocycles. The van der Waals surface area contributed by atoms with Gasteiger partial charge in [-0.2, -0.15) is 0 Å². The summed E-state index contributed by atoms with van der Waals surface area (Å²) in [6, 6.07) is 6.65. The molecule has 0 radical (unpaired) electrons. The average molecular weight is 190 g/mol. The summed E-state index contributed by atoms with van der Waals surface area (Å²) in [6.45, 7) is 6.18. The zero-order valence-electron chi connectivity index (χ0n) is 9.12. The molecule has 0 heterocycles. The Kier molecular flexibility index (Phi) is 2.36. The van der Waals surface area contributed by atoms with E-state index in [9.17, 15) is 5.11 Å². The first-order valence-electron chi connectivity index (χ1n) is 5.35. The summed E-state index contributed by atoms with van der Waals surface area (Å²) < 4.78 is 0. The van der Waals surface area contributed by atoms with Crippen molar-refractivity contribution in [2.24, 2.45) is 5.92 Å². The van der Waals surface area contributed by atoms with Gasteiger partial charge in [-0.3, -0.25) is 0 Å². The van der Waals surface area contributed by atoms with Crippen molar-refractivity contribution in [2.75, 3.05) is 0 Å². The van der Waals surface area contributed by atoms with Gasteiger partial charge in [0.1, 0.15) is 0 Å². The molecule has 0 aromatic heterocycles. The molecule has 0 aliphatic heterocycles. The van der Waals surface area contributed by atoms with E-state index in [0.717, 1.165) is 6.42 Å². The zero-order chi connectivity index (χ0) is 10.3. The molecule has 0 unspecified atom stereocenters. The van der Waals surface area contributed by atoms with Crippen LogP contribution in [0.2, 0.25) is 0 Å². The van der Waals surface area contributed by atoms with Gasteiger partial charge in [0.2, 0.25) is 0 Å². The minimum absolute atomic E-state index is 0.151. The van der Waals surface area contributed by atoms with Gasteiger partial charge in [0, 0.05) is 0 Å². The van der Waals surface area contributed by atoms with Crippen LogP contribution in [0.1, 0.15) is 36.0 Å². The van der Waals surface area contributed by atoms with E-state index in [1.54, 1.807) is 0 Å². The number of rotatable bonds is 2. The smallest absolute Gasteiger partial charge is 0.0546 e. The summed E-state index contributed by atoms with van der Waals surface area (Å²) in [5.74, 6) is 1.10. The van der Waals surface area contributed by atoms with Crippen LogP contribution in [0, 0.1) is 19.8 Å². The number of aliphatic hydroxyl groups excluding tert-OH is 1. The maximum absolute atomic E-state index is 9.45. The summed E-state index contributed by atoms with van der Waals surface area (Å²) in [4.78, 5) is 0. The monoisotopic (exact) mass is 190 g/mol. The van der Waals surface area contributed by atoms with Gasteiger partial charge in [-0.15, -0.1) is 0 Å². The molecule has 1 saturated carbocycles. The van der Waals surface area contributed by atoms with Crippen LogP contribution in [0.3, 0.4) is 0 Å². The van der Waals surface area contributed by atoms with Crippen LogP contribution in [0.25, 0.3) is 0 Å². The summed E-state index contributed by atoms with van der Waals surface area (Å²) in [7, 11) is 0. The molecule has 0 bridgehead atoms. The molecule has 1 aliphatic rings. The normalized spacial score (nSPS) is 27.4. The van der Waals surface area contributed by atoms with Gasteiger partial charge in [-0.1, -0.05) is 18.2 Å². The Morgan fingerprint density at radius 3 is 2.50 bits per heavy atom. The molecule has 1 heteroatoms. The highest BCUT2D eigenvalue weighted by Gasteiger charge is 2.41. The SMILES string of the molecule is Cc1ccc([C@H]2C[C@H]2[C@@H](C)O)cc1C. The Morgan fingerprint density at radius 2 is 2.00 bits per heavy atom. The fraction of sp³-hybridized carbons (Fsp3) is 0.538. The average Bonchev–Trinajstić information content (AvgIpc) is 2.89. The van der Waals surface area contributed by atoms with Crippen molar-refractivity contribution in [3.05, 3.63) is 34.9 Å². The minimum atomic E-state index is -0.151. The third kappa shape index (κ3) is 1.69. The van der Waals surface area contributed by atoms with Gasteiger partial charge in [0.25, 0.3) is 0 Å². The summed E-state index contributed by atoms with van der Waals surface area (Å²) in [5, 5.41) is 9.45. The Morgan fingerprint density at radius 1 is 1.29 bits per heavy atom. The van der Waals surface area contributed by atoms with E-state index in [-0.39, 0.29) is 6.10 Å². The minimum Gasteiger partial charge on any atom is -0.393 e. The van der Waals surface area contributed by atoms with Gasteiger partial charge >= 0.3 is 0 Å². The molecule has 1 nitrogen and oxygen atoms in total. The zero-order valence-corrected chi connectivity index (χ0v) is 9.12. The highest BCUT2D eigenvalue weighted by molar-refractivity contribution is 5.34. The molecule has 14 heavy (non-hydrogen) atoms. The Balaban J connectivity index is 2.16.